The second-order valence-electron chi connectivity index (χ2n) is 6.15. The molecule has 1 atom stereocenters. The molecule has 1 unspecified atom stereocenters. The minimum atomic E-state index is -0.504. The van der Waals surface area contributed by atoms with Crippen LogP contribution in [0.15, 0.2) is 42.5 Å². The van der Waals surface area contributed by atoms with Crippen LogP contribution >= 0.6 is 23.2 Å². The van der Waals surface area contributed by atoms with Gasteiger partial charge < -0.3 is 15.5 Å². The number of rotatable bonds is 4. The molecule has 1 heterocycles. The first-order valence-corrected chi connectivity index (χ1v) is 9.03. The van der Waals surface area contributed by atoms with Gasteiger partial charge in [-0.05, 0) is 36.4 Å². The van der Waals surface area contributed by atoms with Gasteiger partial charge in [0.1, 0.15) is 0 Å². The predicted octanol–water partition coefficient (Wildman–Crippen LogP) is 3.34. The second kappa shape index (κ2) is 7.98. The van der Waals surface area contributed by atoms with Crippen LogP contribution in [-0.4, -0.2) is 31.3 Å². The third-order valence-corrected chi connectivity index (χ3v) is 4.89. The first kappa shape index (κ1) is 19.2. The summed E-state index contributed by atoms with van der Waals surface area (Å²) < 4.78 is 0. The monoisotopic (exact) mass is 405 g/mol. The number of anilines is 2. The predicted molar refractivity (Wildman–Crippen MR) is 105 cm³/mol. The summed E-state index contributed by atoms with van der Waals surface area (Å²) in [7, 11) is 1.50. The van der Waals surface area contributed by atoms with Crippen LogP contribution in [0, 0.1) is 5.92 Å². The number of nitrogens with zero attached hydrogens (tertiary/aromatic N) is 1. The molecule has 2 aromatic carbocycles. The van der Waals surface area contributed by atoms with Crippen molar-refractivity contribution >= 4 is 52.3 Å². The molecule has 0 bridgehead atoms. The summed E-state index contributed by atoms with van der Waals surface area (Å²) in [6, 6.07) is 11.6. The molecule has 0 aromatic heterocycles. The van der Waals surface area contributed by atoms with E-state index in [1.54, 1.807) is 41.3 Å². The van der Waals surface area contributed by atoms with Crippen molar-refractivity contribution in [3.05, 3.63) is 58.1 Å². The average Bonchev–Trinajstić information content (AvgIpc) is 3.04. The fourth-order valence-electron chi connectivity index (χ4n) is 2.93. The summed E-state index contributed by atoms with van der Waals surface area (Å²) in [6.07, 6.45) is 0.105. The van der Waals surface area contributed by atoms with E-state index in [-0.39, 0.29) is 41.3 Å². The van der Waals surface area contributed by atoms with Crippen molar-refractivity contribution in [3.63, 3.8) is 0 Å². The molecule has 1 aliphatic rings. The Morgan fingerprint density at radius 2 is 1.93 bits per heavy atom. The number of benzene rings is 2. The Hall–Kier alpha value is -2.57. The van der Waals surface area contributed by atoms with Crippen molar-refractivity contribution < 1.29 is 14.4 Å². The van der Waals surface area contributed by atoms with Gasteiger partial charge in [0.25, 0.3) is 5.91 Å². The first-order chi connectivity index (χ1) is 12.9. The van der Waals surface area contributed by atoms with Gasteiger partial charge in [0.15, 0.2) is 0 Å². The van der Waals surface area contributed by atoms with Crippen LogP contribution in [0.3, 0.4) is 0 Å². The Morgan fingerprint density at radius 1 is 1.15 bits per heavy atom. The maximum absolute atomic E-state index is 12.6. The average molecular weight is 406 g/mol. The quantitative estimate of drug-likeness (QED) is 0.818. The summed E-state index contributed by atoms with van der Waals surface area (Å²) in [4.78, 5) is 38.3. The van der Waals surface area contributed by atoms with Gasteiger partial charge in [-0.2, -0.15) is 0 Å². The summed E-state index contributed by atoms with van der Waals surface area (Å²) in [5.41, 5.74) is 1.37. The van der Waals surface area contributed by atoms with Crippen molar-refractivity contribution in [2.75, 3.05) is 23.8 Å². The van der Waals surface area contributed by atoms with E-state index < -0.39 is 5.92 Å². The van der Waals surface area contributed by atoms with Gasteiger partial charge in [0, 0.05) is 36.4 Å². The molecule has 0 spiro atoms. The van der Waals surface area contributed by atoms with E-state index in [4.69, 9.17) is 23.2 Å². The molecule has 1 saturated heterocycles. The summed E-state index contributed by atoms with van der Waals surface area (Å²) in [5.74, 6) is -1.28. The fraction of sp³-hybridized carbons (Fsp3) is 0.211. The fourth-order valence-corrected chi connectivity index (χ4v) is 3.32. The largest absolute Gasteiger partial charge is 0.355 e. The Balaban J connectivity index is 1.72. The topological polar surface area (TPSA) is 78.5 Å². The standard InChI is InChI=1S/C19H17Cl2N3O3/c1-22-19(27)15-9-13(5-6-16(15)21)23-18(26)11-7-17(25)24(10-11)14-4-2-3-12(20)8-14/h2-6,8-9,11H,7,10H2,1H3,(H,22,27)(H,23,26). The van der Waals surface area contributed by atoms with E-state index in [0.29, 0.717) is 16.4 Å². The molecule has 1 fully saturated rings. The molecule has 0 aliphatic carbocycles. The van der Waals surface area contributed by atoms with Gasteiger partial charge in [-0.15, -0.1) is 0 Å². The number of hydrogen-bond donors (Lipinski definition) is 2. The number of halogens is 2. The van der Waals surface area contributed by atoms with Crippen LogP contribution in [0.2, 0.25) is 10.0 Å². The molecule has 140 valence electrons. The number of hydrogen-bond acceptors (Lipinski definition) is 3. The van der Waals surface area contributed by atoms with Crippen molar-refractivity contribution in [2.24, 2.45) is 5.92 Å². The van der Waals surface area contributed by atoms with Crippen molar-refractivity contribution in [1.82, 2.24) is 5.32 Å². The molecule has 2 N–H and O–H groups in total. The molecule has 3 amide bonds. The van der Waals surface area contributed by atoms with Gasteiger partial charge in [0.05, 0.1) is 16.5 Å². The van der Waals surface area contributed by atoms with Gasteiger partial charge in [-0.3, -0.25) is 14.4 Å². The highest BCUT2D eigenvalue weighted by molar-refractivity contribution is 6.34. The Labute approximate surface area is 166 Å². The molecule has 0 saturated carbocycles. The lowest BCUT2D eigenvalue weighted by atomic mass is 10.1. The van der Waals surface area contributed by atoms with Crippen LogP contribution < -0.4 is 15.5 Å². The van der Waals surface area contributed by atoms with E-state index in [1.807, 2.05) is 0 Å². The molecule has 8 heteroatoms. The molecular weight excluding hydrogens is 389 g/mol. The molecular formula is C19H17Cl2N3O3. The van der Waals surface area contributed by atoms with Gasteiger partial charge >= 0.3 is 0 Å². The second-order valence-corrected chi connectivity index (χ2v) is 6.99. The highest BCUT2D eigenvalue weighted by Gasteiger charge is 2.35. The lowest BCUT2D eigenvalue weighted by Crippen LogP contribution is -2.28. The molecule has 1 aliphatic heterocycles. The Kier molecular flexibility index (Phi) is 5.68. The maximum Gasteiger partial charge on any atom is 0.252 e. The van der Waals surface area contributed by atoms with E-state index in [0.717, 1.165) is 0 Å². The van der Waals surface area contributed by atoms with Gasteiger partial charge in [-0.1, -0.05) is 29.3 Å². The van der Waals surface area contributed by atoms with E-state index in [1.165, 1.54) is 13.1 Å². The highest BCUT2D eigenvalue weighted by atomic mass is 35.5. The van der Waals surface area contributed by atoms with Crippen LogP contribution in [-0.2, 0) is 9.59 Å². The van der Waals surface area contributed by atoms with Crippen molar-refractivity contribution in [2.45, 2.75) is 6.42 Å². The zero-order valence-corrected chi connectivity index (χ0v) is 16.0. The zero-order valence-electron chi connectivity index (χ0n) is 14.5. The third-order valence-electron chi connectivity index (χ3n) is 4.32. The van der Waals surface area contributed by atoms with Crippen LogP contribution in [0.1, 0.15) is 16.8 Å². The molecule has 0 radical (unpaired) electrons. The minimum absolute atomic E-state index is 0.105. The van der Waals surface area contributed by atoms with Crippen LogP contribution in [0.5, 0.6) is 0 Å². The summed E-state index contributed by atoms with van der Waals surface area (Å²) >= 11 is 12.0. The van der Waals surface area contributed by atoms with Gasteiger partial charge in [-0.25, -0.2) is 0 Å². The lowest BCUT2D eigenvalue weighted by molar-refractivity contribution is -0.122. The molecule has 2 aromatic rings. The SMILES string of the molecule is CNC(=O)c1cc(NC(=O)C2CC(=O)N(c3cccc(Cl)c3)C2)ccc1Cl. The van der Waals surface area contributed by atoms with E-state index in [9.17, 15) is 14.4 Å². The summed E-state index contributed by atoms with van der Waals surface area (Å²) in [5, 5.41) is 6.06. The smallest absolute Gasteiger partial charge is 0.252 e. The molecule has 3 rings (SSSR count). The maximum atomic E-state index is 12.6. The van der Waals surface area contributed by atoms with Crippen molar-refractivity contribution in [1.29, 1.82) is 0 Å². The number of nitrogens with one attached hydrogen (secondary N) is 2. The van der Waals surface area contributed by atoms with E-state index in [2.05, 4.69) is 10.6 Å². The number of carbonyl (C=O) groups is 3. The Morgan fingerprint density at radius 3 is 2.63 bits per heavy atom. The van der Waals surface area contributed by atoms with Crippen molar-refractivity contribution in [3.8, 4) is 0 Å². The number of carbonyl (C=O) groups excluding carboxylic acids is 3. The highest BCUT2D eigenvalue weighted by Crippen LogP contribution is 2.28. The zero-order chi connectivity index (χ0) is 19.6. The summed E-state index contributed by atoms with van der Waals surface area (Å²) in [6.45, 7) is 0.265. The lowest BCUT2D eigenvalue weighted by Gasteiger charge is -2.17. The molecule has 6 nitrogen and oxygen atoms in total. The van der Waals surface area contributed by atoms with Crippen LogP contribution in [0.25, 0.3) is 0 Å². The molecule has 27 heavy (non-hydrogen) atoms. The van der Waals surface area contributed by atoms with Gasteiger partial charge in [0.2, 0.25) is 11.8 Å². The minimum Gasteiger partial charge on any atom is -0.355 e. The number of amides is 3. The normalized spacial score (nSPS) is 16.3. The Bertz CT molecular complexity index is 917. The first-order valence-electron chi connectivity index (χ1n) is 8.27. The van der Waals surface area contributed by atoms with Crippen LogP contribution in [0.4, 0.5) is 11.4 Å². The van der Waals surface area contributed by atoms with E-state index >= 15 is 0 Å². The third kappa shape index (κ3) is 4.23.